The van der Waals surface area contributed by atoms with Crippen LogP contribution in [0.25, 0.3) is 0 Å². The number of amides is 2. The standard InChI is InChI=1S/C16H21N3O2/c20-15-6-2-10-19(15)14-5-1-4-13(12-14)16(21)18-9-3-7-17-8-11-18/h1,4-5,12,17H,2-3,6-11H2. The van der Waals surface area contributed by atoms with Crippen molar-refractivity contribution in [3.05, 3.63) is 29.8 Å². The van der Waals surface area contributed by atoms with Crippen molar-refractivity contribution in [1.82, 2.24) is 10.2 Å². The summed E-state index contributed by atoms with van der Waals surface area (Å²) in [4.78, 5) is 28.1. The van der Waals surface area contributed by atoms with Crippen molar-refractivity contribution < 1.29 is 9.59 Å². The third-order valence-electron chi connectivity index (χ3n) is 4.11. The van der Waals surface area contributed by atoms with Crippen LogP contribution in [0.2, 0.25) is 0 Å². The van der Waals surface area contributed by atoms with E-state index in [1.807, 2.05) is 29.2 Å². The summed E-state index contributed by atoms with van der Waals surface area (Å²) in [6.45, 7) is 4.09. The molecule has 2 heterocycles. The lowest BCUT2D eigenvalue weighted by Crippen LogP contribution is -2.34. The summed E-state index contributed by atoms with van der Waals surface area (Å²) in [7, 11) is 0. The number of carbonyl (C=O) groups is 2. The smallest absolute Gasteiger partial charge is 0.253 e. The van der Waals surface area contributed by atoms with Crippen LogP contribution >= 0.6 is 0 Å². The van der Waals surface area contributed by atoms with Gasteiger partial charge in [0.1, 0.15) is 0 Å². The third kappa shape index (κ3) is 3.08. The van der Waals surface area contributed by atoms with Gasteiger partial charge in [0.05, 0.1) is 0 Å². The van der Waals surface area contributed by atoms with Crippen LogP contribution in [0.15, 0.2) is 24.3 Å². The van der Waals surface area contributed by atoms with E-state index in [1.165, 1.54) is 0 Å². The Kier molecular flexibility index (Phi) is 4.20. The van der Waals surface area contributed by atoms with Gasteiger partial charge in [-0.2, -0.15) is 0 Å². The molecule has 2 amide bonds. The van der Waals surface area contributed by atoms with E-state index in [9.17, 15) is 9.59 Å². The maximum Gasteiger partial charge on any atom is 0.253 e. The molecule has 2 aliphatic rings. The monoisotopic (exact) mass is 287 g/mol. The molecule has 0 aromatic heterocycles. The third-order valence-corrected chi connectivity index (χ3v) is 4.11. The quantitative estimate of drug-likeness (QED) is 0.890. The van der Waals surface area contributed by atoms with Crippen LogP contribution in [0.1, 0.15) is 29.6 Å². The number of carbonyl (C=O) groups excluding carboxylic acids is 2. The van der Waals surface area contributed by atoms with E-state index in [1.54, 1.807) is 4.90 Å². The van der Waals surface area contributed by atoms with Gasteiger partial charge in [-0.1, -0.05) is 6.07 Å². The van der Waals surface area contributed by atoms with Gasteiger partial charge in [0.2, 0.25) is 5.91 Å². The molecular weight excluding hydrogens is 266 g/mol. The lowest BCUT2D eigenvalue weighted by Gasteiger charge is -2.21. The molecule has 5 nitrogen and oxygen atoms in total. The Morgan fingerprint density at radius 2 is 2.00 bits per heavy atom. The number of hydrogen-bond donors (Lipinski definition) is 1. The number of hydrogen-bond acceptors (Lipinski definition) is 3. The Morgan fingerprint density at radius 3 is 2.81 bits per heavy atom. The van der Waals surface area contributed by atoms with E-state index in [2.05, 4.69) is 5.32 Å². The molecule has 0 spiro atoms. The molecule has 21 heavy (non-hydrogen) atoms. The van der Waals surface area contributed by atoms with Gasteiger partial charge < -0.3 is 15.1 Å². The molecule has 2 aliphatic heterocycles. The highest BCUT2D eigenvalue weighted by Crippen LogP contribution is 2.23. The Labute approximate surface area is 124 Å². The lowest BCUT2D eigenvalue weighted by molar-refractivity contribution is -0.117. The molecule has 0 bridgehead atoms. The summed E-state index contributed by atoms with van der Waals surface area (Å²) < 4.78 is 0. The zero-order valence-corrected chi connectivity index (χ0v) is 12.2. The van der Waals surface area contributed by atoms with Crippen molar-refractivity contribution in [3.8, 4) is 0 Å². The minimum atomic E-state index is 0.0622. The molecule has 0 aliphatic carbocycles. The normalized spacial score (nSPS) is 19.7. The van der Waals surface area contributed by atoms with Gasteiger partial charge in [0, 0.05) is 43.9 Å². The number of nitrogens with zero attached hydrogens (tertiary/aromatic N) is 2. The van der Waals surface area contributed by atoms with Gasteiger partial charge in [0.15, 0.2) is 0 Å². The second-order valence-corrected chi connectivity index (χ2v) is 5.60. The molecule has 0 radical (unpaired) electrons. The minimum Gasteiger partial charge on any atom is -0.337 e. The molecule has 0 unspecified atom stereocenters. The van der Waals surface area contributed by atoms with Gasteiger partial charge >= 0.3 is 0 Å². The molecule has 0 saturated carbocycles. The average molecular weight is 287 g/mol. The molecule has 1 aromatic rings. The highest BCUT2D eigenvalue weighted by Gasteiger charge is 2.23. The molecule has 0 atom stereocenters. The van der Waals surface area contributed by atoms with Crippen LogP contribution < -0.4 is 10.2 Å². The topological polar surface area (TPSA) is 52.7 Å². The Hall–Kier alpha value is -1.88. The summed E-state index contributed by atoms with van der Waals surface area (Å²) in [5, 5.41) is 3.30. The summed E-state index contributed by atoms with van der Waals surface area (Å²) >= 11 is 0. The maximum atomic E-state index is 12.6. The van der Waals surface area contributed by atoms with Crippen LogP contribution in [-0.4, -0.2) is 49.4 Å². The van der Waals surface area contributed by atoms with Gasteiger partial charge in [-0.3, -0.25) is 9.59 Å². The molecule has 1 aromatic carbocycles. The van der Waals surface area contributed by atoms with E-state index >= 15 is 0 Å². The second kappa shape index (κ2) is 6.26. The van der Waals surface area contributed by atoms with Crippen molar-refractivity contribution in [2.45, 2.75) is 19.3 Å². The zero-order chi connectivity index (χ0) is 14.7. The van der Waals surface area contributed by atoms with E-state index in [0.717, 1.165) is 51.3 Å². The lowest BCUT2D eigenvalue weighted by atomic mass is 10.1. The van der Waals surface area contributed by atoms with Gasteiger partial charge in [0.25, 0.3) is 5.91 Å². The first-order valence-electron chi connectivity index (χ1n) is 7.66. The number of nitrogens with one attached hydrogen (secondary N) is 1. The summed E-state index contributed by atoms with van der Waals surface area (Å²) in [6.07, 6.45) is 2.49. The molecular formula is C16H21N3O2. The van der Waals surface area contributed by atoms with Gasteiger partial charge in [-0.15, -0.1) is 0 Å². The van der Waals surface area contributed by atoms with Crippen molar-refractivity contribution in [2.24, 2.45) is 0 Å². The van der Waals surface area contributed by atoms with E-state index in [0.29, 0.717) is 12.0 Å². The molecule has 3 rings (SSSR count). The van der Waals surface area contributed by atoms with E-state index in [-0.39, 0.29) is 11.8 Å². The predicted octanol–water partition coefficient (Wildman–Crippen LogP) is 1.25. The van der Waals surface area contributed by atoms with E-state index in [4.69, 9.17) is 0 Å². The Morgan fingerprint density at radius 1 is 1.10 bits per heavy atom. The Bertz CT molecular complexity index is 536. The molecule has 5 heteroatoms. The SMILES string of the molecule is O=C(c1cccc(N2CCCC2=O)c1)N1CCCNCC1. The summed E-state index contributed by atoms with van der Waals surface area (Å²) in [5.74, 6) is 0.214. The van der Waals surface area contributed by atoms with Gasteiger partial charge in [-0.25, -0.2) is 0 Å². The molecule has 2 saturated heterocycles. The van der Waals surface area contributed by atoms with Crippen LogP contribution in [0.5, 0.6) is 0 Å². The first-order valence-corrected chi connectivity index (χ1v) is 7.66. The van der Waals surface area contributed by atoms with Crippen LogP contribution in [0.3, 0.4) is 0 Å². The average Bonchev–Trinajstić information content (AvgIpc) is 2.77. The van der Waals surface area contributed by atoms with Crippen molar-refractivity contribution in [1.29, 1.82) is 0 Å². The number of anilines is 1. The highest BCUT2D eigenvalue weighted by atomic mass is 16.2. The zero-order valence-electron chi connectivity index (χ0n) is 12.2. The van der Waals surface area contributed by atoms with Crippen LogP contribution in [0.4, 0.5) is 5.69 Å². The molecule has 1 N–H and O–H groups in total. The van der Waals surface area contributed by atoms with Crippen LogP contribution in [0, 0.1) is 0 Å². The van der Waals surface area contributed by atoms with Crippen molar-refractivity contribution in [3.63, 3.8) is 0 Å². The summed E-state index contributed by atoms with van der Waals surface area (Å²) in [6, 6.07) is 7.46. The number of rotatable bonds is 2. The maximum absolute atomic E-state index is 12.6. The predicted molar refractivity (Wildman–Crippen MR) is 81.4 cm³/mol. The highest BCUT2D eigenvalue weighted by molar-refractivity contribution is 5.99. The number of benzene rings is 1. The first kappa shape index (κ1) is 14.1. The van der Waals surface area contributed by atoms with Crippen LogP contribution in [-0.2, 0) is 4.79 Å². The first-order chi connectivity index (χ1) is 10.3. The molecule has 2 fully saturated rings. The van der Waals surface area contributed by atoms with Crippen molar-refractivity contribution >= 4 is 17.5 Å². The summed E-state index contributed by atoms with van der Waals surface area (Å²) in [5.41, 5.74) is 1.52. The van der Waals surface area contributed by atoms with E-state index < -0.39 is 0 Å². The Balaban J connectivity index is 1.78. The van der Waals surface area contributed by atoms with Crippen molar-refractivity contribution in [2.75, 3.05) is 37.6 Å². The van der Waals surface area contributed by atoms with Gasteiger partial charge in [-0.05, 0) is 37.6 Å². The molecule has 112 valence electrons. The largest absolute Gasteiger partial charge is 0.337 e. The fraction of sp³-hybridized carbons (Fsp3) is 0.500. The fourth-order valence-corrected chi connectivity index (χ4v) is 2.96. The second-order valence-electron chi connectivity index (χ2n) is 5.60. The minimum absolute atomic E-state index is 0.0622. The fourth-order valence-electron chi connectivity index (χ4n) is 2.96.